The molecule has 3 unspecified atom stereocenters. The average molecular weight is 607 g/mol. The highest BCUT2D eigenvalue weighted by Gasteiger charge is 2.39. The van der Waals surface area contributed by atoms with Crippen LogP contribution in [0.4, 0.5) is 18.9 Å². The van der Waals surface area contributed by atoms with Crippen LogP contribution >= 0.6 is 20.1 Å². The summed E-state index contributed by atoms with van der Waals surface area (Å²) in [6.07, 6.45) is 3.74. The van der Waals surface area contributed by atoms with Gasteiger partial charge in [0.15, 0.2) is 26.0 Å². The van der Waals surface area contributed by atoms with E-state index in [1.54, 1.807) is 31.0 Å². The van der Waals surface area contributed by atoms with Gasteiger partial charge < -0.3 is 24.0 Å². The second-order valence-corrected chi connectivity index (χ2v) is 13.3. The molecule has 0 amide bonds. The topological polar surface area (TPSA) is 60.0 Å². The molecule has 1 aliphatic heterocycles. The lowest BCUT2D eigenvalue weighted by Gasteiger charge is -2.34. The van der Waals surface area contributed by atoms with Crippen molar-refractivity contribution in [3.8, 4) is 0 Å². The van der Waals surface area contributed by atoms with Crippen molar-refractivity contribution < 1.29 is 31.2 Å². The van der Waals surface area contributed by atoms with E-state index in [-0.39, 0.29) is 23.4 Å². The maximum absolute atomic E-state index is 13.3. The highest BCUT2D eigenvalue weighted by molar-refractivity contribution is 7.99. The number of thioether (sulfide) groups is 1. The SMILES string of the molecule is CCOP(CC1CCN(CCC(CSc2ccccc2)Nc2ccccc2S(=O)C(F)(F)F)CC1)OCOC. The summed E-state index contributed by atoms with van der Waals surface area (Å²) >= 11 is 1.66. The molecule has 0 saturated carbocycles. The normalized spacial score (nSPS) is 17.6. The molecule has 6 nitrogen and oxygen atoms in total. The number of piperidine rings is 1. The minimum atomic E-state index is -4.81. The van der Waals surface area contributed by atoms with Crippen LogP contribution in [0.5, 0.6) is 0 Å². The van der Waals surface area contributed by atoms with Gasteiger partial charge in [-0.1, -0.05) is 30.3 Å². The Morgan fingerprint density at radius 1 is 1.10 bits per heavy atom. The highest BCUT2D eigenvalue weighted by atomic mass is 32.2. The number of ether oxygens (including phenoxy) is 1. The summed E-state index contributed by atoms with van der Waals surface area (Å²) in [5.74, 6) is 1.20. The van der Waals surface area contributed by atoms with E-state index in [2.05, 4.69) is 10.2 Å². The molecule has 3 rings (SSSR count). The van der Waals surface area contributed by atoms with Crippen molar-refractivity contribution in [1.82, 2.24) is 4.90 Å². The molecular weight excluding hydrogens is 568 g/mol. The first-order valence-electron chi connectivity index (χ1n) is 13.1. The zero-order valence-corrected chi connectivity index (χ0v) is 24.9. The van der Waals surface area contributed by atoms with Crippen molar-refractivity contribution in [2.24, 2.45) is 5.92 Å². The predicted octanol–water partition coefficient (Wildman–Crippen LogP) is 6.96. The Balaban J connectivity index is 1.59. The third kappa shape index (κ3) is 11.3. The van der Waals surface area contributed by atoms with Gasteiger partial charge in [0, 0.05) is 36.5 Å². The largest absolute Gasteiger partial charge is 0.475 e. The van der Waals surface area contributed by atoms with E-state index in [4.69, 9.17) is 13.8 Å². The molecule has 2 aromatic rings. The van der Waals surface area contributed by atoms with Crippen LogP contribution in [0.15, 0.2) is 64.4 Å². The molecule has 12 heteroatoms. The summed E-state index contributed by atoms with van der Waals surface area (Å²) in [5.41, 5.74) is -4.54. The Hall–Kier alpha value is -1.20. The molecule has 1 fully saturated rings. The van der Waals surface area contributed by atoms with E-state index in [9.17, 15) is 17.4 Å². The molecule has 0 bridgehead atoms. The number of hydrogen-bond donors (Lipinski definition) is 1. The lowest BCUT2D eigenvalue weighted by Crippen LogP contribution is -2.38. The number of methoxy groups -OCH3 is 1. The van der Waals surface area contributed by atoms with Gasteiger partial charge in [-0.15, -0.1) is 11.8 Å². The van der Waals surface area contributed by atoms with Crippen molar-refractivity contribution in [1.29, 1.82) is 0 Å². The van der Waals surface area contributed by atoms with E-state index >= 15 is 0 Å². The molecule has 2 aromatic carbocycles. The zero-order valence-electron chi connectivity index (χ0n) is 22.4. The summed E-state index contributed by atoms with van der Waals surface area (Å²) < 4.78 is 68.5. The Morgan fingerprint density at radius 2 is 1.79 bits per heavy atom. The first kappa shape index (κ1) is 32.3. The molecule has 3 atom stereocenters. The van der Waals surface area contributed by atoms with Gasteiger partial charge in [-0.05, 0) is 69.5 Å². The number of hydrogen-bond acceptors (Lipinski definition) is 7. The van der Waals surface area contributed by atoms with Crippen molar-refractivity contribution in [2.75, 3.05) is 57.4 Å². The number of anilines is 1. The van der Waals surface area contributed by atoms with E-state index in [1.807, 2.05) is 37.3 Å². The van der Waals surface area contributed by atoms with Crippen LogP contribution in [-0.4, -0.2) is 72.7 Å². The van der Waals surface area contributed by atoms with Gasteiger partial charge in [0.25, 0.3) is 0 Å². The maximum atomic E-state index is 13.3. The van der Waals surface area contributed by atoms with Gasteiger partial charge in [0.1, 0.15) is 0 Å². The number of para-hydroxylation sites is 1. The Labute approximate surface area is 237 Å². The fourth-order valence-electron chi connectivity index (χ4n) is 4.34. The fraction of sp³-hybridized carbons (Fsp3) is 0.556. The number of nitrogens with one attached hydrogen (secondary N) is 1. The number of benzene rings is 2. The first-order chi connectivity index (χ1) is 18.8. The molecule has 0 aliphatic carbocycles. The zero-order chi connectivity index (χ0) is 28.1. The van der Waals surface area contributed by atoms with Crippen LogP contribution in [-0.2, 0) is 24.6 Å². The maximum Gasteiger partial charge on any atom is 0.475 e. The molecule has 1 heterocycles. The van der Waals surface area contributed by atoms with Crippen LogP contribution in [0.1, 0.15) is 26.2 Å². The second kappa shape index (κ2) is 16.9. The number of rotatable bonds is 16. The van der Waals surface area contributed by atoms with Crippen LogP contribution < -0.4 is 5.32 Å². The lowest BCUT2D eigenvalue weighted by molar-refractivity contribution is -0.0384. The van der Waals surface area contributed by atoms with Crippen molar-refractivity contribution in [3.05, 3.63) is 54.6 Å². The molecule has 39 heavy (non-hydrogen) atoms. The summed E-state index contributed by atoms with van der Waals surface area (Å²) in [4.78, 5) is 3.28. The molecule has 0 aromatic heterocycles. The van der Waals surface area contributed by atoms with Crippen molar-refractivity contribution in [2.45, 2.75) is 47.5 Å². The van der Waals surface area contributed by atoms with Gasteiger partial charge in [-0.25, -0.2) is 4.21 Å². The van der Waals surface area contributed by atoms with Gasteiger partial charge in [-0.3, -0.25) is 0 Å². The number of nitrogens with zero attached hydrogens (tertiary/aromatic N) is 1. The Kier molecular flexibility index (Phi) is 14.0. The third-order valence-corrected chi connectivity index (χ3v) is 10.5. The summed E-state index contributed by atoms with van der Waals surface area (Å²) in [6, 6.07) is 15.8. The predicted molar refractivity (Wildman–Crippen MR) is 154 cm³/mol. The van der Waals surface area contributed by atoms with E-state index in [1.165, 1.54) is 12.1 Å². The molecule has 0 radical (unpaired) electrons. The number of alkyl halides is 3. The molecule has 1 N–H and O–H groups in total. The monoisotopic (exact) mass is 606 g/mol. The summed E-state index contributed by atoms with van der Waals surface area (Å²) in [5, 5.41) is 3.30. The summed E-state index contributed by atoms with van der Waals surface area (Å²) in [6.45, 7) is 5.55. The van der Waals surface area contributed by atoms with Crippen LogP contribution in [0.25, 0.3) is 0 Å². The van der Waals surface area contributed by atoms with Gasteiger partial charge in [0.05, 0.1) is 17.2 Å². The smallest absolute Gasteiger partial charge is 0.380 e. The molecule has 1 aliphatic rings. The minimum absolute atomic E-state index is 0.104. The quantitative estimate of drug-likeness (QED) is 0.126. The van der Waals surface area contributed by atoms with Gasteiger partial charge in [0.2, 0.25) is 0 Å². The van der Waals surface area contributed by atoms with Gasteiger partial charge in [-0.2, -0.15) is 13.2 Å². The van der Waals surface area contributed by atoms with E-state index in [0.29, 0.717) is 18.3 Å². The minimum Gasteiger partial charge on any atom is -0.380 e. The molecule has 218 valence electrons. The first-order valence-corrected chi connectivity index (χ1v) is 16.6. The van der Waals surface area contributed by atoms with Crippen LogP contribution in [0.3, 0.4) is 0 Å². The van der Waals surface area contributed by atoms with Gasteiger partial charge >= 0.3 is 5.51 Å². The average Bonchev–Trinajstić information content (AvgIpc) is 2.94. The van der Waals surface area contributed by atoms with E-state index in [0.717, 1.165) is 50.0 Å². The molecular formula is C27H38F3N2O4PS2. The highest BCUT2D eigenvalue weighted by Crippen LogP contribution is 2.42. The van der Waals surface area contributed by atoms with E-state index < -0.39 is 24.7 Å². The Bertz CT molecular complexity index is 998. The lowest BCUT2D eigenvalue weighted by atomic mass is 9.98. The second-order valence-electron chi connectivity index (χ2n) is 9.22. The van der Waals surface area contributed by atoms with Crippen LogP contribution in [0.2, 0.25) is 0 Å². The number of halogens is 3. The fourth-order valence-corrected chi connectivity index (χ4v) is 7.70. The standard InChI is InChI=1S/C27H38F3N2O4PS2/c1-3-35-37(36-21-34-2)19-22-13-16-32(17-14-22)18-15-23(20-38-24-9-5-4-6-10-24)31-25-11-7-8-12-26(25)39(33)27(28,29)30/h4-12,22-23,31H,3,13-21H2,1-2H3. The molecule has 0 spiro atoms. The Morgan fingerprint density at radius 3 is 2.46 bits per heavy atom. The van der Waals surface area contributed by atoms with Crippen LogP contribution in [0, 0.1) is 5.92 Å². The number of likely N-dealkylation sites (tertiary alicyclic amines) is 1. The summed E-state index contributed by atoms with van der Waals surface area (Å²) in [7, 11) is -2.45. The van der Waals surface area contributed by atoms with Crippen molar-refractivity contribution >= 4 is 36.6 Å². The molecule has 1 saturated heterocycles. The third-order valence-electron chi connectivity index (χ3n) is 6.35. The van der Waals surface area contributed by atoms with Crippen molar-refractivity contribution in [3.63, 3.8) is 0 Å².